The summed E-state index contributed by atoms with van der Waals surface area (Å²) in [6.45, 7) is 0. The van der Waals surface area contributed by atoms with Crippen LogP contribution in [0.15, 0.2) is 240 Å². The van der Waals surface area contributed by atoms with E-state index < -0.39 is 296 Å². The summed E-state index contributed by atoms with van der Waals surface area (Å²) in [6, 6.07) is 29.8. The molecule has 0 fully saturated rings. The summed E-state index contributed by atoms with van der Waals surface area (Å²) in [7, 11) is 0. The number of fused-ring (bicyclic) bond motifs is 10. The van der Waals surface area contributed by atoms with Crippen molar-refractivity contribution in [3.05, 3.63) is 436 Å². The molecule has 0 saturated heterocycles. The predicted molar refractivity (Wildman–Crippen MR) is 399 cm³/mol. The normalized spacial score (nSPS) is 13.6. The SMILES string of the molecule is Fc1cc(C2=C(c3cc(F)c(F)c(F)c3)C3=C(c4ccccc4)c4[nH]c(c(-c5cc(F)c(F)c(F)c5)c4-c4cc(F)c(F)c(F)c4)C(c4ccccc4)=C4N=C(C(c5cc(F)c(F)c(F)c5)=C4c4cc(F)c(F)c(F)c4)C(c4ccccc4)=c4[nH]c(c(-c5cc(F)c(F)c(F)c5)c4-c4cc(F)c(F)c(F)c4)=C(c4ccccc4)C2=N3)cc(F)c1F. The fraction of sp³-hybridized carbons (Fsp3) is 0. The van der Waals surface area contributed by atoms with Gasteiger partial charge < -0.3 is 9.97 Å². The predicted octanol–water partition coefficient (Wildman–Crippen LogP) is 24.1. The third-order valence-electron chi connectivity index (χ3n) is 20.3. The summed E-state index contributed by atoms with van der Waals surface area (Å²) < 4.78 is 400. The van der Waals surface area contributed by atoms with Gasteiger partial charge in [0.2, 0.25) is 0 Å². The molecule has 2 aromatic heterocycles. The summed E-state index contributed by atoms with van der Waals surface area (Å²) in [6.07, 6.45) is 0. The van der Waals surface area contributed by atoms with Crippen LogP contribution in [0, 0.1) is 140 Å². The number of hydrogen-bond acceptors (Lipinski definition) is 2. The standard InChI is InChI=1S/C92H38F24N4/c93-49-21-41(22-50(94)77(49)109)65-67(43-25-53(97)79(111)54(98)26-43)87-74(38-15-7-2-8-16-38)89-69(45-29-57(101)81(113)58(102)30-45)71(47-33-61(105)83(115)62(106)34-47)91(119-89)76(40-19-11-4-12-20-40)92-72(48-35-63(107)84(116)64(108)36-48)70(46-31-59(103)82(114)60(104)32-46)90(120-92)75(39-17-9-3-10-18-39)88-68(44-27-55(99)80(112)56(100)28-44)66(42-23-51(95)78(110)52(96)24-42)86(118-88)73(85(65)117-87)37-13-5-1-6-14-37/h1-36,117,120H. The Balaban J connectivity index is 1.30. The van der Waals surface area contributed by atoms with Gasteiger partial charge in [-0.15, -0.1) is 0 Å². The highest BCUT2D eigenvalue weighted by atomic mass is 19.2. The van der Waals surface area contributed by atoms with E-state index in [1.54, 1.807) is 0 Å². The minimum absolute atomic E-state index is 0.287. The van der Waals surface area contributed by atoms with Crippen molar-refractivity contribution in [2.45, 2.75) is 0 Å². The molecular weight excluding hydrogens is 1620 g/mol. The van der Waals surface area contributed by atoms with E-state index >= 15 is 105 Å². The molecule has 0 unspecified atom stereocenters. The summed E-state index contributed by atoms with van der Waals surface area (Å²) in [5.41, 5.74) is -25.0. The van der Waals surface area contributed by atoms with Crippen LogP contribution in [-0.4, -0.2) is 21.4 Å². The van der Waals surface area contributed by atoms with Gasteiger partial charge in [0, 0.05) is 66.8 Å². The van der Waals surface area contributed by atoms with Crippen LogP contribution in [0.4, 0.5) is 105 Å². The maximum atomic E-state index is 16.9. The van der Waals surface area contributed by atoms with E-state index in [0.717, 1.165) is 0 Å². The lowest BCUT2D eigenvalue weighted by Gasteiger charge is -2.18. The molecular formula is C92H38F24N4. The molecule has 1 aliphatic carbocycles. The molecule has 0 saturated carbocycles. The number of aromatic amines is 2. The minimum Gasteiger partial charge on any atom is -0.353 e. The number of aliphatic imine (C=N–C) groups is 2. The van der Waals surface area contributed by atoms with Gasteiger partial charge in [0.15, 0.2) is 140 Å². The molecule has 2 N–H and O–H groups in total. The third kappa shape index (κ3) is 13.0. The van der Waals surface area contributed by atoms with Gasteiger partial charge in [-0.1, -0.05) is 121 Å². The molecule has 120 heavy (non-hydrogen) atoms. The molecule has 0 spiro atoms. The van der Waals surface area contributed by atoms with Gasteiger partial charge in [0.05, 0.1) is 44.9 Å². The fourth-order valence-electron chi connectivity index (χ4n) is 15.3. The van der Waals surface area contributed by atoms with Crippen molar-refractivity contribution in [3.63, 3.8) is 0 Å². The summed E-state index contributed by atoms with van der Waals surface area (Å²) >= 11 is 0. The van der Waals surface area contributed by atoms with Gasteiger partial charge in [-0.25, -0.2) is 115 Å². The van der Waals surface area contributed by atoms with E-state index in [-0.39, 0.29) is 70.8 Å². The summed E-state index contributed by atoms with van der Waals surface area (Å²) in [5.74, 6) is -50.9. The first-order valence-corrected chi connectivity index (χ1v) is 35.3. The lowest BCUT2D eigenvalue weighted by atomic mass is 9.83. The first-order chi connectivity index (χ1) is 57.5. The number of halogens is 24. The highest BCUT2D eigenvalue weighted by molar-refractivity contribution is 6.53. The number of nitrogens with one attached hydrogen (secondary N) is 2. The molecule has 0 atom stereocenters. The fourth-order valence-corrected chi connectivity index (χ4v) is 15.3. The van der Waals surface area contributed by atoms with Gasteiger partial charge in [-0.05, 0) is 164 Å². The van der Waals surface area contributed by atoms with Crippen LogP contribution in [0.3, 0.4) is 0 Å². The van der Waals surface area contributed by atoms with Gasteiger partial charge in [-0.2, -0.15) is 0 Å². The Morgan fingerprint density at radius 3 is 0.567 bits per heavy atom. The maximum Gasteiger partial charge on any atom is 0.194 e. The molecule has 594 valence electrons. The molecule has 3 aliphatic rings. The minimum atomic E-state index is -2.21. The van der Waals surface area contributed by atoms with Gasteiger partial charge in [0.1, 0.15) is 0 Å². The number of benzene rings is 12. The molecule has 2 aliphatic heterocycles. The zero-order chi connectivity index (χ0) is 84.6. The Bertz CT molecular complexity index is 6560. The van der Waals surface area contributed by atoms with Crippen molar-refractivity contribution in [2.75, 3.05) is 0 Å². The lowest BCUT2D eigenvalue weighted by molar-refractivity contribution is 0.446. The second-order valence-corrected chi connectivity index (χ2v) is 27.4. The average Bonchev–Trinajstić information content (AvgIpc) is 1.54. The molecule has 14 aromatic rings. The van der Waals surface area contributed by atoms with Crippen LogP contribution in [-0.2, 0) is 0 Å². The number of aromatic nitrogens is 2. The molecule has 4 heterocycles. The number of H-pyrrole nitrogens is 2. The van der Waals surface area contributed by atoms with E-state index in [1.807, 2.05) is 0 Å². The molecule has 4 nitrogen and oxygen atoms in total. The summed E-state index contributed by atoms with van der Waals surface area (Å²) in [5, 5.41) is -1.70. The maximum absolute atomic E-state index is 16.9. The smallest absolute Gasteiger partial charge is 0.194 e. The van der Waals surface area contributed by atoms with Gasteiger partial charge in [-0.3, -0.25) is 0 Å². The van der Waals surface area contributed by atoms with Crippen LogP contribution in [0.25, 0.3) is 89.1 Å². The van der Waals surface area contributed by atoms with E-state index in [0.29, 0.717) is 48.5 Å². The highest BCUT2D eigenvalue weighted by Crippen LogP contribution is 2.56. The van der Waals surface area contributed by atoms with Crippen molar-refractivity contribution in [1.29, 1.82) is 0 Å². The Kier molecular flexibility index (Phi) is 19.5. The first-order valence-electron chi connectivity index (χ1n) is 35.3. The van der Waals surface area contributed by atoms with E-state index in [1.165, 1.54) is 121 Å². The Morgan fingerprint density at radius 2 is 0.350 bits per heavy atom. The second kappa shape index (κ2) is 29.9. The summed E-state index contributed by atoms with van der Waals surface area (Å²) in [4.78, 5) is 16.7. The average molecular weight is 1660 g/mol. The van der Waals surface area contributed by atoms with Gasteiger partial charge >= 0.3 is 0 Å². The second-order valence-electron chi connectivity index (χ2n) is 27.4. The number of rotatable bonds is 12. The topological polar surface area (TPSA) is 56.3 Å². The largest absolute Gasteiger partial charge is 0.353 e. The van der Waals surface area contributed by atoms with Crippen molar-refractivity contribution in [3.8, 4) is 44.5 Å². The third-order valence-corrected chi connectivity index (χ3v) is 20.3. The monoisotopic (exact) mass is 1650 g/mol. The van der Waals surface area contributed by atoms with Crippen molar-refractivity contribution >= 4 is 56.0 Å². The first kappa shape index (κ1) is 78.1. The molecule has 8 bridgehead atoms. The molecule has 17 rings (SSSR count). The zero-order valence-corrected chi connectivity index (χ0v) is 59.8. The highest BCUT2D eigenvalue weighted by Gasteiger charge is 2.42. The molecule has 0 amide bonds. The Hall–Kier alpha value is -14.4. The van der Waals surface area contributed by atoms with Crippen LogP contribution in [0.1, 0.15) is 55.9 Å². The number of allylic oxidation sites excluding steroid dienone is 4. The molecule has 0 radical (unpaired) electrons. The van der Waals surface area contributed by atoms with Crippen LogP contribution in [0.2, 0.25) is 0 Å². The van der Waals surface area contributed by atoms with Crippen molar-refractivity contribution < 1.29 is 105 Å². The molecule has 28 heteroatoms. The zero-order valence-electron chi connectivity index (χ0n) is 59.8. The quantitative estimate of drug-likeness (QED) is 0.0905. The number of hydrogen-bond donors (Lipinski definition) is 2. The Morgan fingerprint density at radius 1 is 0.167 bits per heavy atom. The van der Waals surface area contributed by atoms with Crippen LogP contribution >= 0.6 is 0 Å². The van der Waals surface area contributed by atoms with Crippen LogP contribution in [0.5, 0.6) is 0 Å². The van der Waals surface area contributed by atoms with E-state index in [9.17, 15) is 0 Å². The molecule has 12 aromatic carbocycles. The van der Waals surface area contributed by atoms with Crippen LogP contribution < -0.4 is 10.7 Å². The lowest BCUT2D eigenvalue weighted by Crippen LogP contribution is -2.24. The Labute approximate surface area is 659 Å². The van der Waals surface area contributed by atoms with E-state index in [4.69, 9.17) is 9.98 Å². The number of nitrogens with zero attached hydrogens (tertiary/aromatic N) is 2. The van der Waals surface area contributed by atoms with Crippen molar-refractivity contribution in [2.24, 2.45) is 9.98 Å². The van der Waals surface area contributed by atoms with Gasteiger partial charge in [0.25, 0.3) is 0 Å². The van der Waals surface area contributed by atoms with E-state index in [2.05, 4.69) is 9.97 Å². The van der Waals surface area contributed by atoms with Crippen molar-refractivity contribution in [1.82, 2.24) is 9.97 Å².